The van der Waals surface area contributed by atoms with E-state index in [1.165, 1.54) is 6.07 Å². The van der Waals surface area contributed by atoms with E-state index in [4.69, 9.17) is 11.6 Å². The summed E-state index contributed by atoms with van der Waals surface area (Å²) < 4.78 is 29.2. The molecule has 0 amide bonds. The van der Waals surface area contributed by atoms with Crippen molar-refractivity contribution in [2.45, 2.75) is 10.8 Å². The number of imidazole rings is 1. The van der Waals surface area contributed by atoms with Crippen molar-refractivity contribution in [3.63, 3.8) is 0 Å². The van der Waals surface area contributed by atoms with Crippen molar-refractivity contribution in [2.24, 2.45) is 0 Å². The fourth-order valence-corrected chi connectivity index (χ4v) is 4.47. The van der Waals surface area contributed by atoms with E-state index in [0.717, 1.165) is 11.3 Å². The summed E-state index contributed by atoms with van der Waals surface area (Å²) in [6, 6.07) is 4.76. The number of sulfonamides is 1. The van der Waals surface area contributed by atoms with Gasteiger partial charge in [-0.1, -0.05) is 11.6 Å². The normalized spacial score (nSPS) is 11.7. The molecule has 0 fully saturated rings. The van der Waals surface area contributed by atoms with Gasteiger partial charge in [-0.25, -0.2) is 28.1 Å². The van der Waals surface area contributed by atoms with Gasteiger partial charge in [0.05, 0.1) is 4.34 Å². The third-order valence-corrected chi connectivity index (χ3v) is 6.12. The molecule has 0 atom stereocenters. The Kier molecular flexibility index (Phi) is 4.71. The van der Waals surface area contributed by atoms with Gasteiger partial charge in [0.25, 0.3) is 0 Å². The molecule has 3 heterocycles. The molecule has 3 aromatic rings. The van der Waals surface area contributed by atoms with E-state index in [2.05, 4.69) is 19.7 Å². The number of rotatable bonds is 6. The van der Waals surface area contributed by atoms with Gasteiger partial charge >= 0.3 is 0 Å². The van der Waals surface area contributed by atoms with Gasteiger partial charge in [0.1, 0.15) is 4.21 Å². The highest BCUT2D eigenvalue weighted by molar-refractivity contribution is 7.91. The van der Waals surface area contributed by atoms with Crippen LogP contribution in [0.4, 0.5) is 0 Å². The van der Waals surface area contributed by atoms with Crippen LogP contribution in [0.3, 0.4) is 0 Å². The van der Waals surface area contributed by atoms with Gasteiger partial charge in [0.15, 0.2) is 11.6 Å². The zero-order chi connectivity index (χ0) is 16.3. The Bertz CT molecular complexity index is 892. The van der Waals surface area contributed by atoms with Crippen LogP contribution < -0.4 is 4.72 Å². The standard InChI is InChI=1S/C13H12ClN5O2S2/c14-10-2-3-11(22-10)23(20,21)18-7-9-19-8-6-17-13(19)12-15-4-1-5-16-12/h1-6,8,18H,7,9H2. The number of thiophene rings is 1. The minimum atomic E-state index is -3.55. The van der Waals surface area contributed by atoms with Crippen molar-refractivity contribution in [3.05, 3.63) is 47.3 Å². The average molecular weight is 370 g/mol. The van der Waals surface area contributed by atoms with Crippen molar-refractivity contribution >= 4 is 33.0 Å². The molecule has 0 aliphatic carbocycles. The summed E-state index contributed by atoms with van der Waals surface area (Å²) in [7, 11) is -3.55. The summed E-state index contributed by atoms with van der Waals surface area (Å²) >= 11 is 6.79. The highest BCUT2D eigenvalue weighted by Crippen LogP contribution is 2.25. The molecule has 3 rings (SSSR count). The lowest BCUT2D eigenvalue weighted by atomic mass is 10.5. The Morgan fingerprint density at radius 2 is 1.96 bits per heavy atom. The van der Waals surface area contributed by atoms with E-state index in [0.29, 0.717) is 22.5 Å². The van der Waals surface area contributed by atoms with Crippen LogP contribution in [0.25, 0.3) is 11.6 Å². The number of hydrogen-bond donors (Lipinski definition) is 1. The van der Waals surface area contributed by atoms with Crippen molar-refractivity contribution in [1.29, 1.82) is 0 Å². The molecule has 0 aromatic carbocycles. The monoisotopic (exact) mass is 369 g/mol. The first-order chi connectivity index (χ1) is 11.1. The summed E-state index contributed by atoms with van der Waals surface area (Å²) in [4.78, 5) is 12.5. The summed E-state index contributed by atoms with van der Waals surface area (Å²) in [6.45, 7) is 0.625. The van der Waals surface area contributed by atoms with Crippen LogP contribution in [-0.4, -0.2) is 34.5 Å². The van der Waals surface area contributed by atoms with Crippen molar-refractivity contribution in [2.75, 3.05) is 6.54 Å². The maximum Gasteiger partial charge on any atom is 0.250 e. The maximum absolute atomic E-state index is 12.1. The fraction of sp³-hybridized carbons (Fsp3) is 0.154. The Morgan fingerprint density at radius 1 is 1.17 bits per heavy atom. The van der Waals surface area contributed by atoms with Crippen LogP contribution in [0.2, 0.25) is 4.34 Å². The Hall–Kier alpha value is -1.81. The SMILES string of the molecule is O=S(=O)(NCCn1ccnc1-c1ncccn1)c1ccc(Cl)s1. The molecule has 7 nitrogen and oxygen atoms in total. The molecule has 0 saturated heterocycles. The number of nitrogens with one attached hydrogen (secondary N) is 1. The second-order valence-corrected chi connectivity index (χ2v) is 8.18. The molecule has 0 radical (unpaired) electrons. The molecule has 23 heavy (non-hydrogen) atoms. The molecule has 120 valence electrons. The molecule has 1 N–H and O–H groups in total. The molecule has 10 heteroatoms. The first-order valence-corrected chi connectivity index (χ1v) is 9.27. The van der Waals surface area contributed by atoms with E-state index in [9.17, 15) is 8.42 Å². The summed E-state index contributed by atoms with van der Waals surface area (Å²) in [6.07, 6.45) is 6.64. The van der Waals surface area contributed by atoms with E-state index < -0.39 is 10.0 Å². The Morgan fingerprint density at radius 3 is 2.65 bits per heavy atom. The van der Waals surface area contributed by atoms with Crippen LogP contribution in [0.1, 0.15) is 0 Å². The van der Waals surface area contributed by atoms with Gasteiger partial charge in [0.2, 0.25) is 10.0 Å². The first kappa shape index (κ1) is 16.1. The summed E-state index contributed by atoms with van der Waals surface area (Å²) in [5.74, 6) is 1.08. The van der Waals surface area contributed by atoms with Crippen LogP contribution in [0.15, 0.2) is 47.2 Å². The molecule has 0 aliphatic heterocycles. The zero-order valence-corrected chi connectivity index (χ0v) is 14.1. The molecule has 0 saturated carbocycles. The molecule has 0 spiro atoms. The van der Waals surface area contributed by atoms with Gasteiger partial charge in [-0.2, -0.15) is 0 Å². The highest BCUT2D eigenvalue weighted by Gasteiger charge is 2.16. The number of hydrogen-bond acceptors (Lipinski definition) is 6. The third-order valence-electron chi connectivity index (χ3n) is 2.94. The minimum absolute atomic E-state index is 0.194. The Balaban J connectivity index is 1.67. The minimum Gasteiger partial charge on any atom is -0.327 e. The van der Waals surface area contributed by atoms with E-state index in [1.807, 2.05) is 0 Å². The van der Waals surface area contributed by atoms with Gasteiger partial charge in [0, 0.05) is 37.9 Å². The predicted octanol–water partition coefficient (Wildman–Crippen LogP) is 2.03. The van der Waals surface area contributed by atoms with Crippen molar-refractivity contribution in [1.82, 2.24) is 24.2 Å². The molecule has 3 aromatic heterocycles. The van der Waals surface area contributed by atoms with Crippen molar-refractivity contribution < 1.29 is 8.42 Å². The third kappa shape index (κ3) is 3.75. The smallest absolute Gasteiger partial charge is 0.250 e. The van der Waals surface area contributed by atoms with E-state index in [-0.39, 0.29) is 10.8 Å². The Labute approximate surface area is 142 Å². The van der Waals surface area contributed by atoms with Gasteiger partial charge in [-0.05, 0) is 18.2 Å². The van der Waals surface area contributed by atoms with Crippen LogP contribution >= 0.6 is 22.9 Å². The first-order valence-electron chi connectivity index (χ1n) is 6.60. The van der Waals surface area contributed by atoms with E-state index in [1.54, 1.807) is 41.5 Å². The lowest BCUT2D eigenvalue weighted by molar-refractivity contribution is 0.575. The highest BCUT2D eigenvalue weighted by atomic mass is 35.5. The maximum atomic E-state index is 12.1. The lowest BCUT2D eigenvalue weighted by Crippen LogP contribution is -2.27. The molecular weight excluding hydrogens is 358 g/mol. The fourth-order valence-electron chi connectivity index (χ4n) is 1.92. The number of aromatic nitrogens is 4. The quantitative estimate of drug-likeness (QED) is 0.718. The average Bonchev–Trinajstić information content (AvgIpc) is 3.17. The number of halogens is 1. The number of nitrogens with zero attached hydrogens (tertiary/aromatic N) is 4. The van der Waals surface area contributed by atoms with Crippen LogP contribution in [-0.2, 0) is 16.6 Å². The topological polar surface area (TPSA) is 89.8 Å². The van der Waals surface area contributed by atoms with Crippen LogP contribution in [0, 0.1) is 0 Å². The van der Waals surface area contributed by atoms with Gasteiger partial charge in [-0.3, -0.25) is 0 Å². The second-order valence-electron chi connectivity index (χ2n) is 4.47. The second kappa shape index (κ2) is 6.75. The largest absolute Gasteiger partial charge is 0.327 e. The predicted molar refractivity (Wildman–Crippen MR) is 87.8 cm³/mol. The molecule has 0 unspecified atom stereocenters. The van der Waals surface area contributed by atoms with Crippen LogP contribution in [0.5, 0.6) is 0 Å². The van der Waals surface area contributed by atoms with Gasteiger partial charge < -0.3 is 4.57 Å². The van der Waals surface area contributed by atoms with Crippen molar-refractivity contribution in [3.8, 4) is 11.6 Å². The summed E-state index contributed by atoms with van der Waals surface area (Å²) in [5.41, 5.74) is 0. The van der Waals surface area contributed by atoms with E-state index >= 15 is 0 Å². The molecular formula is C13H12ClN5O2S2. The van der Waals surface area contributed by atoms with Gasteiger partial charge in [-0.15, -0.1) is 11.3 Å². The zero-order valence-electron chi connectivity index (χ0n) is 11.8. The summed E-state index contributed by atoms with van der Waals surface area (Å²) in [5, 5.41) is 0. The molecule has 0 aliphatic rings. The molecule has 0 bridgehead atoms. The lowest BCUT2D eigenvalue weighted by Gasteiger charge is -2.08.